The highest BCUT2D eigenvalue weighted by Gasteiger charge is 2.53. The van der Waals surface area contributed by atoms with Crippen LogP contribution < -0.4 is 46.3 Å². The molecule has 17 rings (SSSR count). The minimum atomic E-state index is -2.94. The highest BCUT2D eigenvalue weighted by molar-refractivity contribution is 9.10. The molecule has 0 spiro atoms. The number of carbonyl (C=O) groups excluding carboxylic acids is 8. The maximum Gasteiger partial charge on any atom is 0.488 e. The fraction of sp³-hybridized carbons (Fsp3) is 0.237. The minimum Gasteiger partial charge on any atom is -0.480 e. The summed E-state index contributed by atoms with van der Waals surface area (Å²) in [7, 11) is -1.38. The van der Waals surface area contributed by atoms with Gasteiger partial charge in [0.05, 0.1) is 52.8 Å². The molecule has 6 aliphatic rings. The van der Waals surface area contributed by atoms with E-state index in [1.54, 1.807) is 78.9 Å². The van der Waals surface area contributed by atoms with Gasteiger partial charge in [0.1, 0.15) is 65.1 Å². The molecule has 6 fully saturated rings. The van der Waals surface area contributed by atoms with Crippen molar-refractivity contribution in [2.45, 2.75) is 143 Å². The van der Waals surface area contributed by atoms with Gasteiger partial charge in [-0.25, -0.2) is 65.8 Å². The lowest BCUT2D eigenvalue weighted by Crippen LogP contribution is -2.56. The maximum absolute atomic E-state index is 15.4. The Labute approximate surface area is 831 Å². The van der Waals surface area contributed by atoms with Crippen molar-refractivity contribution < 1.29 is 97.8 Å². The number of nitrogens with two attached hydrogens (primary N) is 1. The lowest BCUT2D eigenvalue weighted by molar-refractivity contribution is -0.139. The molecule has 141 heavy (non-hydrogen) atoms. The summed E-state index contributed by atoms with van der Waals surface area (Å²) in [6.07, 6.45) is 8.52. The largest absolute Gasteiger partial charge is 0.488 e. The van der Waals surface area contributed by atoms with Crippen molar-refractivity contribution in [1.82, 2.24) is 35.6 Å². The molecule has 11 aromatic rings. The fourth-order valence-corrected chi connectivity index (χ4v) is 17.0. The molecule has 7 N–H and O–H groups in total. The highest BCUT2D eigenvalue weighted by atomic mass is 79.9. The number of rotatable bonds is 19. The zero-order valence-electron chi connectivity index (χ0n) is 73.3. The van der Waals surface area contributed by atoms with Crippen LogP contribution in [0.2, 0.25) is 15.1 Å². The van der Waals surface area contributed by atoms with Crippen LogP contribution in [0.4, 0.5) is 74.0 Å². The number of alkyl halides is 6. The molecule has 6 aromatic carbocycles. The van der Waals surface area contributed by atoms with Crippen LogP contribution >= 0.6 is 66.7 Å². The van der Waals surface area contributed by atoms with Crippen molar-refractivity contribution in [1.29, 1.82) is 15.8 Å². The van der Waals surface area contributed by atoms with Gasteiger partial charge < -0.3 is 36.4 Å². The monoisotopic (exact) mass is 2120 g/mol. The van der Waals surface area contributed by atoms with Gasteiger partial charge in [-0.3, -0.25) is 72.8 Å². The second-order valence-corrected chi connectivity index (χ2v) is 35.2. The number of aliphatic carboxylic acids is 1. The molecule has 8 heterocycles. The van der Waals surface area contributed by atoms with E-state index in [0.717, 1.165) is 49.0 Å². The number of carbonyl (C=O) groups is 9. The second kappa shape index (κ2) is 48.4. The van der Waals surface area contributed by atoms with Crippen molar-refractivity contribution in [2.24, 2.45) is 0 Å². The van der Waals surface area contributed by atoms with Gasteiger partial charge in [-0.1, -0.05) is 121 Å². The molecule has 3 saturated heterocycles. The lowest BCUT2D eigenvalue weighted by atomic mass is 9.81. The van der Waals surface area contributed by atoms with Crippen molar-refractivity contribution in [3.8, 4) is 29.3 Å². The van der Waals surface area contributed by atoms with Crippen molar-refractivity contribution >= 4 is 167 Å². The zero-order valence-corrected chi connectivity index (χ0v) is 78.8. The van der Waals surface area contributed by atoms with Gasteiger partial charge >= 0.3 is 13.1 Å². The van der Waals surface area contributed by atoms with Crippen molar-refractivity contribution in [3.05, 3.63) is 318 Å². The standard InChI is InChI=1S/C34H26ClF3N6O3.C29H22BrClF3N5O3.C11H9N3O3.C7H5ClO.C6H5BrFN.C5H6BNO2.C5H5F2N/c35-27-4-2-1-3-26(27)31(32(46)42-24-17-34(37,38)18-24)43(25-15-22(14-23(36)16-25)21-8-10-40-11-9-21)33(47)28-5-6-30(45)44(28)29-13-20(19-39)7-12-41-29;30-17-10-18(32)12-20(11-17)38(28(42)23-5-6-25(40)39(23)24-9-16(15-35)7-8-36-24)26(21-3-1-2-4-22(21)31)27(41)37-19-13-29(33,34)14-19;12-6-7-3-4-13-9(5-7)14-8(11(16)17)1-2-10(14)15;8-7-4-2-1-3-6(7)5-9;7-4-1-5(8)3-6(9)2-4;8-6(9)5-1-3-7-4-2-5;1-8-4-2-5(6,7)3-4/h1-4,7-16,24,28,31H,5-6,17-18H2,(H,42,46);1-4,7-12,19,23,26H,5-6,13-14H2,(H,37,41);3-5,8H,1-2H2,(H,16,17);1-5H;1-3H,9H2;1-4,8-9H;4H,2-3H2/t28-,31?;23-,26?;8-;;;;/m000..../s1. The van der Waals surface area contributed by atoms with Gasteiger partial charge in [0.2, 0.25) is 35.6 Å². The third-order valence-electron chi connectivity index (χ3n) is 22.1. The number of anilines is 6. The number of carboxylic acids is 1. The van der Waals surface area contributed by atoms with Crippen LogP contribution in [0.5, 0.6) is 0 Å². The summed E-state index contributed by atoms with van der Waals surface area (Å²) in [5, 5.41) is 59.6. The molecule has 2 unspecified atom stereocenters. The Morgan fingerprint density at radius 3 is 1.23 bits per heavy atom. The van der Waals surface area contributed by atoms with Gasteiger partial charge in [0, 0.05) is 153 Å². The molecule has 3 saturated carbocycles. The molecule has 5 atom stereocenters. The van der Waals surface area contributed by atoms with Crippen LogP contribution in [0.3, 0.4) is 0 Å². The summed E-state index contributed by atoms with van der Waals surface area (Å²) in [5.41, 5.74) is 8.65. The number of aldehydes is 1. The molecule has 3 aliphatic heterocycles. The van der Waals surface area contributed by atoms with E-state index in [9.17, 15) is 88.8 Å². The minimum absolute atomic E-state index is 0.0187. The molecule has 0 bridgehead atoms. The van der Waals surface area contributed by atoms with E-state index < -0.39 is 152 Å². The third kappa shape index (κ3) is 28.4. The van der Waals surface area contributed by atoms with E-state index in [1.165, 1.54) is 134 Å². The van der Waals surface area contributed by atoms with Crippen molar-refractivity contribution in [2.75, 3.05) is 30.2 Å². The normalized spacial score (nSPS) is 17.0. The molecule has 29 nitrogen and oxygen atoms in total. The second-order valence-electron chi connectivity index (χ2n) is 32.1. The Hall–Kier alpha value is -14.6. The van der Waals surface area contributed by atoms with Crippen LogP contribution in [-0.4, -0.2) is 155 Å². The summed E-state index contributed by atoms with van der Waals surface area (Å²) < 4.78 is 122. The number of benzene rings is 6. The topological polar surface area (TPSA) is 421 Å². The first-order chi connectivity index (χ1) is 67.1. The average molecular weight is 2120 g/mol. The van der Waals surface area contributed by atoms with Crippen LogP contribution in [0.25, 0.3) is 16.0 Å². The van der Waals surface area contributed by atoms with E-state index >= 15 is 4.39 Å². The lowest BCUT2D eigenvalue weighted by Gasteiger charge is -2.39. The Morgan fingerprint density at radius 1 is 0.504 bits per heavy atom. The Kier molecular flexibility index (Phi) is 36.7. The summed E-state index contributed by atoms with van der Waals surface area (Å²) in [6.45, 7) is 6.33. The molecule has 0 radical (unpaired) electrons. The van der Waals surface area contributed by atoms with Gasteiger partial charge in [-0.2, -0.15) is 15.8 Å². The molecular formula is C97H78BBr2Cl3F9N17O12. The summed E-state index contributed by atoms with van der Waals surface area (Å²) >= 11 is 25.0. The molecule has 724 valence electrons. The van der Waals surface area contributed by atoms with E-state index in [4.69, 9.17) is 67.5 Å². The van der Waals surface area contributed by atoms with Crippen LogP contribution in [-0.2, 0) is 38.4 Å². The van der Waals surface area contributed by atoms with Crippen LogP contribution in [0.1, 0.15) is 127 Å². The van der Waals surface area contributed by atoms with Gasteiger partial charge in [0.25, 0.3) is 29.6 Å². The average Bonchev–Trinajstić information content (AvgIpc) is 1.64. The molecule has 7 amide bonds. The number of hydrogen-bond donors (Lipinski definition) is 6. The smallest absolute Gasteiger partial charge is 0.480 e. The number of nitriles is 3. The van der Waals surface area contributed by atoms with E-state index in [-0.39, 0.29) is 129 Å². The number of hydrogen-bond acceptors (Lipinski definition) is 20. The highest BCUT2D eigenvalue weighted by Crippen LogP contribution is 2.45. The number of pyridine rings is 5. The number of nitrogens with one attached hydrogen (secondary N) is 2. The molecule has 44 heteroatoms. The Morgan fingerprint density at radius 2 is 0.879 bits per heavy atom. The first-order valence-electron chi connectivity index (χ1n) is 42.5. The van der Waals surface area contributed by atoms with E-state index in [1.807, 2.05) is 18.2 Å². The number of aromatic nitrogens is 5. The van der Waals surface area contributed by atoms with E-state index in [0.29, 0.717) is 42.9 Å². The first-order valence-corrected chi connectivity index (χ1v) is 45.2. The van der Waals surface area contributed by atoms with Gasteiger partial charge in [0.15, 0.2) is 6.29 Å². The number of carboxylic acid groups (broad SMARTS) is 1. The van der Waals surface area contributed by atoms with Crippen LogP contribution in [0, 0.1) is 58.0 Å². The molecule has 5 aromatic heterocycles. The zero-order chi connectivity index (χ0) is 102. The Bertz CT molecular complexity index is 6570. The van der Waals surface area contributed by atoms with Crippen LogP contribution in [0.15, 0.2) is 240 Å². The van der Waals surface area contributed by atoms with E-state index in [2.05, 4.69) is 72.3 Å². The Balaban J connectivity index is 0.000000180. The SMILES string of the molecule is N#Cc1ccnc(N2C(=O)CC[C@H]2C(=O)N(c2cc(F)cc(-c3ccncc3)c2)C(C(=O)NC2CC(F)(F)C2)c2ccccc2Cl)c1.N#Cc1ccnc(N2C(=O)CC[C@H]2C(=O)N(c2cc(F)cc(Br)c2)C(C(=O)NC2CC(F)(F)C2)c2ccccc2Cl)c1.N#Cc1ccnc(N2C(=O)CC[C@H]2C(=O)O)c1.Nc1cc(F)cc(Br)c1.O=Cc1ccccc1Cl.OB(O)c1ccncc1.[C-]#[N+]C1CC(F)(F)C1. The molecule has 3 aliphatic carbocycles. The predicted molar refractivity (Wildman–Crippen MR) is 509 cm³/mol. The quantitative estimate of drug-likeness (QED) is 0.0144. The molecular weight excluding hydrogens is 2040 g/mol. The summed E-state index contributed by atoms with van der Waals surface area (Å²) in [5.74, 6) is -15.2. The predicted octanol–water partition coefficient (Wildman–Crippen LogP) is 17.0. The number of nitrogen functional groups attached to an aromatic ring is 1. The third-order valence-corrected chi connectivity index (χ3v) is 24.0. The first kappa shape index (κ1) is 107. The summed E-state index contributed by atoms with van der Waals surface area (Å²) in [6, 6.07) is 43.4. The maximum atomic E-state index is 15.4. The number of amides is 7. The van der Waals surface area contributed by atoms with Crippen molar-refractivity contribution in [3.63, 3.8) is 0 Å². The van der Waals surface area contributed by atoms with Gasteiger partial charge in [-0.15, -0.1) is 0 Å². The number of nitrogens with zero attached hydrogens (tertiary/aromatic N) is 14. The number of halogens is 14. The van der Waals surface area contributed by atoms with Gasteiger partial charge in [-0.05, 0) is 169 Å². The fourth-order valence-electron chi connectivity index (χ4n) is 15.4. The summed E-state index contributed by atoms with van der Waals surface area (Å²) in [4.78, 5) is 145.